The first-order valence-electron chi connectivity index (χ1n) is 11.4. The van der Waals surface area contributed by atoms with E-state index in [1.54, 1.807) is 0 Å². The predicted molar refractivity (Wildman–Crippen MR) is 124 cm³/mol. The molecule has 1 atom stereocenters. The van der Waals surface area contributed by atoms with E-state index in [-0.39, 0.29) is 17.4 Å². The number of ether oxygens (including phenoxy) is 1. The van der Waals surface area contributed by atoms with Gasteiger partial charge in [0.1, 0.15) is 5.82 Å². The Morgan fingerprint density at radius 2 is 1.88 bits per heavy atom. The number of hydrogen-bond donors (Lipinski definition) is 1. The Hall–Kier alpha value is -3.19. The van der Waals surface area contributed by atoms with Gasteiger partial charge in [-0.05, 0) is 61.9 Å². The van der Waals surface area contributed by atoms with E-state index in [1.165, 1.54) is 17.7 Å². The second-order valence-corrected chi connectivity index (χ2v) is 9.17. The number of hydrogen-bond acceptors (Lipinski definition) is 4. The lowest BCUT2D eigenvalue weighted by Crippen LogP contribution is -2.47. The Morgan fingerprint density at radius 3 is 2.58 bits per heavy atom. The number of carbonyl (C=O) groups is 1. The molecule has 3 aromatic rings. The Labute approximate surface area is 192 Å². The first-order valence-corrected chi connectivity index (χ1v) is 11.4. The van der Waals surface area contributed by atoms with Gasteiger partial charge < -0.3 is 14.2 Å². The molecule has 6 nitrogen and oxygen atoms in total. The number of urea groups is 1. The summed E-state index contributed by atoms with van der Waals surface area (Å²) in [6.45, 7) is 5.68. The summed E-state index contributed by atoms with van der Waals surface area (Å²) in [5.74, 6) is 0.494. The lowest BCUT2D eigenvalue weighted by atomic mass is 9.83. The van der Waals surface area contributed by atoms with Crippen LogP contribution in [0.4, 0.5) is 15.1 Å². The van der Waals surface area contributed by atoms with E-state index in [0.29, 0.717) is 31.5 Å². The van der Waals surface area contributed by atoms with Gasteiger partial charge in [-0.2, -0.15) is 0 Å². The van der Waals surface area contributed by atoms with Crippen molar-refractivity contribution in [3.05, 3.63) is 71.2 Å². The van der Waals surface area contributed by atoms with Crippen LogP contribution in [0.3, 0.4) is 0 Å². The smallest absolute Gasteiger partial charge is 0.324 e. The van der Waals surface area contributed by atoms with Crippen molar-refractivity contribution in [2.24, 2.45) is 0 Å². The van der Waals surface area contributed by atoms with E-state index >= 15 is 0 Å². The number of aryl methyl sites for hydroxylation is 1. The lowest BCUT2D eigenvalue weighted by molar-refractivity contribution is -0.0355. The lowest BCUT2D eigenvalue weighted by Gasteiger charge is -2.38. The van der Waals surface area contributed by atoms with Crippen LogP contribution in [0.1, 0.15) is 42.0 Å². The molecule has 1 N–H and O–H groups in total. The van der Waals surface area contributed by atoms with Gasteiger partial charge in [-0.15, -0.1) is 0 Å². The molecule has 1 unspecified atom stereocenters. The summed E-state index contributed by atoms with van der Waals surface area (Å²) in [6, 6.07) is 14.9. The molecular formula is C26H28FN3O3. The molecule has 5 rings (SSSR count). The van der Waals surface area contributed by atoms with Crippen molar-refractivity contribution in [2.75, 3.05) is 25.0 Å². The van der Waals surface area contributed by atoms with Gasteiger partial charge in [0.15, 0.2) is 0 Å². The van der Waals surface area contributed by atoms with Crippen molar-refractivity contribution in [1.82, 2.24) is 10.1 Å². The molecule has 2 aliphatic heterocycles. The number of nitrogens with zero attached hydrogens (tertiary/aromatic N) is 2. The number of rotatable bonds is 3. The van der Waals surface area contributed by atoms with Crippen LogP contribution in [-0.4, -0.2) is 41.4 Å². The third-order valence-corrected chi connectivity index (χ3v) is 7.08. The van der Waals surface area contributed by atoms with Crippen LogP contribution in [0, 0.1) is 19.7 Å². The number of aromatic nitrogens is 1. The monoisotopic (exact) mass is 449 g/mol. The standard InChI is InChI=1S/C26H28FN3O3/c1-17-18(2)29-33-24(17)28-25(31)30-12-10-26(11-13-30)15-22(16-32-26)21-5-3-4-20(14-21)19-6-8-23(27)9-7-19/h3-9,14,22H,10-13,15-16H2,1-2H3,(H,28,31). The number of anilines is 1. The SMILES string of the molecule is Cc1noc(NC(=O)N2CCC3(CC2)CC(c2cccc(-c4ccc(F)cc4)c2)CO3)c1C. The molecule has 33 heavy (non-hydrogen) atoms. The highest BCUT2D eigenvalue weighted by Crippen LogP contribution is 2.43. The summed E-state index contributed by atoms with van der Waals surface area (Å²) < 4.78 is 24.8. The normalized spacial score (nSPS) is 19.7. The van der Waals surface area contributed by atoms with Crippen molar-refractivity contribution in [2.45, 2.75) is 44.6 Å². The van der Waals surface area contributed by atoms with Gasteiger partial charge in [0.05, 0.1) is 17.9 Å². The fraction of sp³-hybridized carbons (Fsp3) is 0.385. The molecule has 2 saturated heterocycles. The molecule has 172 valence electrons. The third kappa shape index (κ3) is 4.37. The van der Waals surface area contributed by atoms with Gasteiger partial charge in [0.25, 0.3) is 0 Å². The van der Waals surface area contributed by atoms with Crippen LogP contribution in [0.2, 0.25) is 0 Å². The van der Waals surface area contributed by atoms with Crippen molar-refractivity contribution < 1.29 is 18.4 Å². The Kier molecular flexibility index (Phi) is 5.66. The number of amides is 2. The van der Waals surface area contributed by atoms with Crippen molar-refractivity contribution in [3.8, 4) is 11.1 Å². The average molecular weight is 450 g/mol. The van der Waals surface area contributed by atoms with Gasteiger partial charge in [-0.3, -0.25) is 5.32 Å². The number of carbonyl (C=O) groups excluding carboxylic acids is 1. The highest BCUT2D eigenvalue weighted by atomic mass is 19.1. The minimum atomic E-state index is -0.230. The first-order chi connectivity index (χ1) is 15.9. The molecule has 0 radical (unpaired) electrons. The maximum Gasteiger partial charge on any atom is 0.324 e. The highest BCUT2D eigenvalue weighted by Gasteiger charge is 2.44. The van der Waals surface area contributed by atoms with Crippen molar-refractivity contribution in [3.63, 3.8) is 0 Å². The van der Waals surface area contributed by atoms with E-state index in [9.17, 15) is 9.18 Å². The van der Waals surface area contributed by atoms with Crippen LogP contribution in [0.15, 0.2) is 53.1 Å². The van der Waals surface area contributed by atoms with Crippen LogP contribution in [0.5, 0.6) is 0 Å². The molecule has 2 amide bonds. The van der Waals surface area contributed by atoms with E-state index in [4.69, 9.17) is 9.26 Å². The van der Waals surface area contributed by atoms with Crippen molar-refractivity contribution >= 4 is 11.9 Å². The zero-order valence-corrected chi connectivity index (χ0v) is 18.9. The van der Waals surface area contributed by atoms with Crippen LogP contribution in [0.25, 0.3) is 11.1 Å². The van der Waals surface area contributed by atoms with E-state index in [0.717, 1.165) is 41.6 Å². The van der Waals surface area contributed by atoms with E-state index in [2.05, 4.69) is 34.7 Å². The van der Waals surface area contributed by atoms with Gasteiger partial charge in [-0.25, -0.2) is 9.18 Å². The molecule has 0 bridgehead atoms. The van der Waals surface area contributed by atoms with E-state index < -0.39 is 0 Å². The van der Waals surface area contributed by atoms with Crippen molar-refractivity contribution in [1.29, 1.82) is 0 Å². The molecule has 1 spiro atoms. The third-order valence-electron chi connectivity index (χ3n) is 7.08. The zero-order valence-electron chi connectivity index (χ0n) is 18.9. The number of nitrogens with one attached hydrogen (secondary N) is 1. The van der Waals surface area contributed by atoms with Crippen LogP contribution < -0.4 is 5.32 Å². The number of piperidine rings is 1. The minimum Gasteiger partial charge on any atom is -0.374 e. The summed E-state index contributed by atoms with van der Waals surface area (Å²) >= 11 is 0. The van der Waals surface area contributed by atoms with Crippen LogP contribution in [-0.2, 0) is 4.74 Å². The van der Waals surface area contributed by atoms with Gasteiger partial charge in [-0.1, -0.05) is 41.6 Å². The number of halogens is 1. The molecule has 3 heterocycles. The molecular weight excluding hydrogens is 421 g/mol. The Morgan fingerprint density at radius 1 is 1.12 bits per heavy atom. The van der Waals surface area contributed by atoms with Gasteiger partial charge in [0.2, 0.25) is 5.88 Å². The topological polar surface area (TPSA) is 67.6 Å². The Balaban J connectivity index is 1.21. The quantitative estimate of drug-likeness (QED) is 0.560. The summed E-state index contributed by atoms with van der Waals surface area (Å²) in [4.78, 5) is 14.5. The molecule has 2 fully saturated rings. The maximum atomic E-state index is 13.3. The molecule has 1 aromatic heterocycles. The molecule has 0 saturated carbocycles. The predicted octanol–water partition coefficient (Wildman–Crippen LogP) is 5.67. The summed E-state index contributed by atoms with van der Waals surface area (Å²) in [5.41, 5.74) is 4.76. The summed E-state index contributed by atoms with van der Waals surface area (Å²) in [6.07, 6.45) is 2.56. The maximum absolute atomic E-state index is 13.3. The molecule has 2 aliphatic rings. The van der Waals surface area contributed by atoms with Gasteiger partial charge >= 0.3 is 6.03 Å². The number of likely N-dealkylation sites (tertiary alicyclic amines) is 1. The largest absolute Gasteiger partial charge is 0.374 e. The fourth-order valence-electron chi connectivity index (χ4n) is 4.85. The fourth-order valence-corrected chi connectivity index (χ4v) is 4.85. The molecule has 0 aliphatic carbocycles. The second-order valence-electron chi connectivity index (χ2n) is 9.17. The first kappa shape index (κ1) is 21.6. The minimum absolute atomic E-state index is 0.161. The van der Waals surface area contributed by atoms with Gasteiger partial charge in [0, 0.05) is 24.6 Å². The average Bonchev–Trinajstić information content (AvgIpc) is 3.39. The number of benzene rings is 2. The van der Waals surface area contributed by atoms with Crippen LogP contribution >= 0.6 is 0 Å². The zero-order chi connectivity index (χ0) is 23.0. The summed E-state index contributed by atoms with van der Waals surface area (Å²) in [7, 11) is 0. The molecule has 7 heteroatoms. The summed E-state index contributed by atoms with van der Waals surface area (Å²) in [5, 5.41) is 6.73. The highest BCUT2D eigenvalue weighted by molar-refractivity contribution is 5.88. The Bertz CT molecular complexity index is 1150. The van der Waals surface area contributed by atoms with E-state index in [1.807, 2.05) is 30.9 Å². The second kappa shape index (κ2) is 8.63. The molecule has 2 aromatic carbocycles.